The minimum atomic E-state index is -3.90. The quantitative estimate of drug-likeness (QED) is 0.324. The predicted molar refractivity (Wildman–Crippen MR) is 137 cm³/mol. The fraction of sp³-hybridized carbons (Fsp3) is 0.292. The first-order valence-corrected chi connectivity index (χ1v) is 13.5. The molecule has 0 radical (unpaired) electrons. The second-order valence-corrected chi connectivity index (χ2v) is 12.0. The van der Waals surface area contributed by atoms with Gasteiger partial charge in [-0.1, -0.05) is 37.6 Å². The van der Waals surface area contributed by atoms with E-state index in [4.69, 9.17) is 11.6 Å². The van der Waals surface area contributed by atoms with Crippen molar-refractivity contribution in [2.45, 2.75) is 44.9 Å². The highest BCUT2D eigenvalue weighted by molar-refractivity contribution is 7.94. The first-order chi connectivity index (χ1) is 16.1. The second-order valence-electron chi connectivity index (χ2n) is 8.61. The van der Waals surface area contributed by atoms with Gasteiger partial charge in [-0.3, -0.25) is 0 Å². The molecule has 7 nitrogen and oxygen atoms in total. The molecular weight excluding hydrogens is 490 g/mol. The normalized spacial score (nSPS) is 11.8. The predicted octanol–water partition coefficient (Wildman–Crippen LogP) is 5.72. The Balaban J connectivity index is 1.72. The van der Waals surface area contributed by atoms with Gasteiger partial charge in [0.25, 0.3) is 10.0 Å². The van der Waals surface area contributed by atoms with Crippen LogP contribution in [-0.2, 0) is 23.0 Å². The van der Waals surface area contributed by atoms with E-state index in [1.54, 1.807) is 18.6 Å². The molecule has 1 aromatic carbocycles. The van der Waals surface area contributed by atoms with Crippen LogP contribution in [0.3, 0.4) is 0 Å². The van der Waals surface area contributed by atoms with Crippen molar-refractivity contribution in [3.63, 3.8) is 0 Å². The molecule has 0 amide bonds. The summed E-state index contributed by atoms with van der Waals surface area (Å²) in [6.07, 6.45) is 7.58. The lowest BCUT2D eigenvalue weighted by Crippen LogP contribution is -2.14. The zero-order valence-electron chi connectivity index (χ0n) is 19.4. The van der Waals surface area contributed by atoms with Crippen LogP contribution in [0.5, 0.6) is 0 Å². The molecule has 3 heterocycles. The Labute approximate surface area is 208 Å². The maximum atomic E-state index is 13.4. The number of benzene rings is 1. The van der Waals surface area contributed by atoms with E-state index in [0.29, 0.717) is 23.0 Å². The molecule has 178 valence electrons. The van der Waals surface area contributed by atoms with Crippen molar-refractivity contribution in [1.29, 1.82) is 0 Å². The minimum Gasteiger partial charge on any atom is -0.331 e. The van der Waals surface area contributed by atoms with E-state index >= 15 is 0 Å². The van der Waals surface area contributed by atoms with Gasteiger partial charge >= 0.3 is 0 Å². The van der Waals surface area contributed by atoms with E-state index in [1.807, 2.05) is 48.9 Å². The van der Waals surface area contributed by atoms with Gasteiger partial charge < -0.3 is 4.57 Å². The summed E-state index contributed by atoms with van der Waals surface area (Å²) in [4.78, 5) is 13.4. The first kappa shape index (κ1) is 24.4. The Morgan fingerprint density at radius 1 is 1.12 bits per heavy atom. The number of imidazole rings is 1. The van der Waals surface area contributed by atoms with Crippen molar-refractivity contribution in [3.8, 4) is 11.1 Å². The molecule has 0 aliphatic heterocycles. The molecule has 10 heteroatoms. The molecule has 0 fully saturated rings. The SMILES string of the molecule is Cc1cnc(NS(=O)(=O)c2sc(CC(C)C)cc2-c2ccc(Cn3ccnc3C)c(Cl)c2)nc1. The zero-order valence-corrected chi connectivity index (χ0v) is 21.8. The molecule has 0 aliphatic carbocycles. The molecule has 4 aromatic rings. The van der Waals surface area contributed by atoms with Gasteiger partial charge in [0.1, 0.15) is 10.0 Å². The molecule has 3 aromatic heterocycles. The highest BCUT2D eigenvalue weighted by Crippen LogP contribution is 2.38. The smallest absolute Gasteiger partial charge is 0.274 e. The van der Waals surface area contributed by atoms with Crippen molar-refractivity contribution in [2.24, 2.45) is 5.92 Å². The van der Waals surface area contributed by atoms with Crippen LogP contribution in [0.1, 0.15) is 35.7 Å². The van der Waals surface area contributed by atoms with Crippen molar-refractivity contribution < 1.29 is 8.42 Å². The summed E-state index contributed by atoms with van der Waals surface area (Å²) in [5, 5.41) is 0.570. The lowest BCUT2D eigenvalue weighted by Gasteiger charge is -2.11. The van der Waals surface area contributed by atoms with Gasteiger partial charge in [0.15, 0.2) is 0 Å². The van der Waals surface area contributed by atoms with Crippen LogP contribution in [0.15, 0.2) is 53.3 Å². The fourth-order valence-corrected chi connectivity index (χ4v) is 6.68. The molecular formula is C24H26ClN5O2S2. The average Bonchev–Trinajstić information content (AvgIpc) is 3.37. The van der Waals surface area contributed by atoms with Crippen molar-refractivity contribution in [1.82, 2.24) is 19.5 Å². The van der Waals surface area contributed by atoms with Gasteiger partial charge in [0, 0.05) is 40.3 Å². The standard InChI is InChI=1S/C24H26ClN5O2S2/c1-15(2)9-20-11-21(23(33-20)34(31,32)29-24-27-12-16(3)13-28-24)18-5-6-19(22(25)10-18)14-30-8-7-26-17(30)4/h5-8,10-13,15H,9,14H2,1-4H3,(H,27,28,29). The molecule has 0 saturated carbocycles. The third-order valence-corrected chi connectivity index (χ3v) is 8.61. The van der Waals surface area contributed by atoms with Gasteiger partial charge in [-0.25, -0.2) is 28.1 Å². The Hall–Kier alpha value is -2.75. The number of anilines is 1. The molecule has 0 aliphatic rings. The van der Waals surface area contributed by atoms with Crippen LogP contribution in [0.2, 0.25) is 5.02 Å². The van der Waals surface area contributed by atoms with E-state index < -0.39 is 10.0 Å². The number of sulfonamides is 1. The summed E-state index contributed by atoms with van der Waals surface area (Å²) in [5.74, 6) is 1.33. The molecule has 34 heavy (non-hydrogen) atoms. The monoisotopic (exact) mass is 515 g/mol. The topological polar surface area (TPSA) is 89.8 Å². The van der Waals surface area contributed by atoms with Crippen LogP contribution in [0.4, 0.5) is 5.95 Å². The summed E-state index contributed by atoms with van der Waals surface area (Å²) in [5.41, 5.74) is 3.14. The second kappa shape index (κ2) is 9.85. The van der Waals surface area contributed by atoms with Crippen LogP contribution in [0.25, 0.3) is 11.1 Å². The number of halogens is 1. The largest absolute Gasteiger partial charge is 0.331 e. The van der Waals surface area contributed by atoms with E-state index in [1.165, 1.54) is 11.3 Å². The number of aryl methyl sites for hydroxylation is 2. The van der Waals surface area contributed by atoms with E-state index in [2.05, 4.69) is 33.5 Å². The lowest BCUT2D eigenvalue weighted by molar-refractivity contribution is 0.603. The summed E-state index contributed by atoms with van der Waals surface area (Å²) in [6.45, 7) is 8.58. The lowest BCUT2D eigenvalue weighted by atomic mass is 10.0. The van der Waals surface area contributed by atoms with Crippen LogP contribution < -0.4 is 4.72 Å². The van der Waals surface area contributed by atoms with Gasteiger partial charge in [-0.05, 0) is 55.0 Å². The number of aromatic nitrogens is 4. The van der Waals surface area contributed by atoms with Crippen molar-refractivity contribution in [3.05, 3.63) is 75.9 Å². The Morgan fingerprint density at radius 3 is 2.47 bits per heavy atom. The van der Waals surface area contributed by atoms with Gasteiger partial charge in [0.2, 0.25) is 5.95 Å². The number of hydrogen-bond acceptors (Lipinski definition) is 6. The van der Waals surface area contributed by atoms with E-state index in [0.717, 1.165) is 33.8 Å². The Kier molecular flexibility index (Phi) is 7.06. The highest BCUT2D eigenvalue weighted by atomic mass is 35.5. The van der Waals surface area contributed by atoms with Crippen LogP contribution in [0, 0.1) is 19.8 Å². The molecule has 0 spiro atoms. The number of rotatable bonds is 8. The fourth-order valence-electron chi connectivity index (χ4n) is 3.54. The number of thiophene rings is 1. The highest BCUT2D eigenvalue weighted by Gasteiger charge is 2.25. The van der Waals surface area contributed by atoms with Gasteiger partial charge in [-0.15, -0.1) is 11.3 Å². The summed E-state index contributed by atoms with van der Waals surface area (Å²) < 4.78 is 31.5. The molecule has 0 bridgehead atoms. The summed E-state index contributed by atoms with van der Waals surface area (Å²) in [6, 6.07) is 7.62. The Morgan fingerprint density at radius 2 is 1.85 bits per heavy atom. The van der Waals surface area contributed by atoms with Crippen molar-refractivity contribution >= 4 is 38.9 Å². The maximum Gasteiger partial charge on any atom is 0.274 e. The van der Waals surface area contributed by atoms with Crippen LogP contribution >= 0.6 is 22.9 Å². The van der Waals surface area contributed by atoms with Gasteiger partial charge in [0.05, 0.1) is 6.54 Å². The third kappa shape index (κ3) is 5.48. The Bertz CT molecular complexity index is 1410. The molecule has 0 unspecified atom stereocenters. The number of nitrogens with zero attached hydrogens (tertiary/aromatic N) is 4. The maximum absolute atomic E-state index is 13.4. The third-order valence-electron chi connectivity index (χ3n) is 5.24. The zero-order chi connectivity index (χ0) is 24.5. The van der Waals surface area contributed by atoms with Crippen LogP contribution in [-0.4, -0.2) is 27.9 Å². The minimum absolute atomic E-state index is 0.0411. The van der Waals surface area contributed by atoms with Gasteiger partial charge in [-0.2, -0.15) is 0 Å². The summed E-state index contributed by atoms with van der Waals surface area (Å²) in [7, 11) is -3.90. The van der Waals surface area contributed by atoms with E-state index in [9.17, 15) is 8.42 Å². The first-order valence-electron chi connectivity index (χ1n) is 10.8. The average molecular weight is 516 g/mol. The number of hydrogen-bond donors (Lipinski definition) is 1. The molecule has 0 atom stereocenters. The van der Waals surface area contributed by atoms with Crippen molar-refractivity contribution in [2.75, 3.05) is 4.72 Å². The molecule has 0 saturated heterocycles. The summed E-state index contributed by atoms with van der Waals surface area (Å²) >= 11 is 7.90. The molecule has 4 rings (SSSR count). The number of nitrogens with one attached hydrogen (secondary N) is 1. The molecule has 1 N–H and O–H groups in total. The van der Waals surface area contributed by atoms with E-state index in [-0.39, 0.29) is 10.2 Å².